The first-order chi connectivity index (χ1) is 12.9. The topological polar surface area (TPSA) is 90.0 Å². The second-order valence-corrected chi connectivity index (χ2v) is 7.35. The highest BCUT2D eigenvalue weighted by Gasteiger charge is 2.37. The van der Waals surface area contributed by atoms with E-state index in [1.807, 2.05) is 17.0 Å². The molecule has 3 amide bonds. The van der Waals surface area contributed by atoms with Crippen molar-refractivity contribution in [2.45, 2.75) is 51.2 Å². The van der Waals surface area contributed by atoms with Crippen molar-refractivity contribution in [1.29, 1.82) is 0 Å². The number of nitrogens with zero attached hydrogens (tertiary/aromatic N) is 2. The van der Waals surface area contributed by atoms with Crippen LogP contribution in [-0.4, -0.2) is 64.4 Å². The fourth-order valence-corrected chi connectivity index (χ4v) is 3.77. The average molecular weight is 373 g/mol. The van der Waals surface area contributed by atoms with E-state index in [-0.39, 0.29) is 30.7 Å². The van der Waals surface area contributed by atoms with Gasteiger partial charge in [0.1, 0.15) is 6.04 Å². The number of carbonyl (C=O) groups is 3. The van der Waals surface area contributed by atoms with Crippen molar-refractivity contribution in [2.24, 2.45) is 0 Å². The predicted octanol–water partition coefficient (Wildman–Crippen LogP) is 1.16. The number of aryl methyl sites for hydroxylation is 1. The summed E-state index contributed by atoms with van der Waals surface area (Å²) >= 11 is 0. The Kier molecular flexibility index (Phi) is 6.11. The fourth-order valence-electron chi connectivity index (χ4n) is 3.77. The van der Waals surface area contributed by atoms with Crippen LogP contribution < -0.4 is 5.32 Å². The molecule has 0 aromatic heterocycles. The number of rotatable bonds is 5. The molecule has 3 rings (SSSR count). The summed E-state index contributed by atoms with van der Waals surface area (Å²) in [5.74, 6) is -0.308. The van der Waals surface area contributed by atoms with E-state index in [9.17, 15) is 19.5 Å². The number of benzene rings is 1. The van der Waals surface area contributed by atoms with Gasteiger partial charge in [0.05, 0.1) is 6.10 Å². The zero-order valence-electron chi connectivity index (χ0n) is 15.7. The van der Waals surface area contributed by atoms with Crippen molar-refractivity contribution in [3.63, 3.8) is 0 Å². The van der Waals surface area contributed by atoms with Crippen molar-refractivity contribution in [3.05, 3.63) is 29.8 Å². The molecule has 7 heteroatoms. The number of aliphatic hydroxyl groups is 1. The van der Waals surface area contributed by atoms with E-state index < -0.39 is 12.1 Å². The Morgan fingerprint density at radius 2 is 1.81 bits per heavy atom. The summed E-state index contributed by atoms with van der Waals surface area (Å²) in [4.78, 5) is 39.5. The third-order valence-corrected chi connectivity index (χ3v) is 5.29. The van der Waals surface area contributed by atoms with E-state index in [1.54, 1.807) is 12.1 Å². The molecule has 2 fully saturated rings. The molecule has 146 valence electrons. The number of carbonyl (C=O) groups excluding carboxylic acids is 3. The standard InChI is InChI=1S/C20H27N3O4/c1-14(24)23-13-17(25)12-18(23)20(27)21-16-7-4-15(5-8-16)6-9-19(26)22-10-2-3-11-22/h4-5,7-8,17-18,25H,2-3,6,9-13H2,1H3,(H,21,27)/t17-,18-/m1/s1. The number of amides is 3. The van der Waals surface area contributed by atoms with Gasteiger partial charge >= 0.3 is 0 Å². The van der Waals surface area contributed by atoms with Crippen LogP contribution in [0.2, 0.25) is 0 Å². The van der Waals surface area contributed by atoms with E-state index in [0.29, 0.717) is 18.5 Å². The van der Waals surface area contributed by atoms with Crippen LogP contribution in [0.25, 0.3) is 0 Å². The zero-order valence-corrected chi connectivity index (χ0v) is 15.7. The Balaban J connectivity index is 1.52. The molecule has 2 atom stereocenters. The molecule has 1 aromatic rings. The van der Waals surface area contributed by atoms with Crippen molar-refractivity contribution in [3.8, 4) is 0 Å². The van der Waals surface area contributed by atoms with Crippen LogP contribution in [-0.2, 0) is 20.8 Å². The summed E-state index contributed by atoms with van der Waals surface area (Å²) in [6.45, 7) is 3.34. The molecule has 27 heavy (non-hydrogen) atoms. The van der Waals surface area contributed by atoms with Gasteiger partial charge in [-0.3, -0.25) is 14.4 Å². The molecule has 0 bridgehead atoms. The van der Waals surface area contributed by atoms with Crippen molar-refractivity contribution in [2.75, 3.05) is 25.0 Å². The van der Waals surface area contributed by atoms with Crippen molar-refractivity contribution in [1.82, 2.24) is 9.80 Å². The molecule has 2 aliphatic rings. The van der Waals surface area contributed by atoms with Crippen LogP contribution >= 0.6 is 0 Å². The lowest BCUT2D eigenvalue weighted by Crippen LogP contribution is -2.42. The van der Waals surface area contributed by atoms with Crippen molar-refractivity contribution >= 4 is 23.4 Å². The maximum absolute atomic E-state index is 12.5. The van der Waals surface area contributed by atoms with Gasteiger partial charge in [-0.25, -0.2) is 0 Å². The summed E-state index contributed by atoms with van der Waals surface area (Å²) in [7, 11) is 0. The Morgan fingerprint density at radius 1 is 1.15 bits per heavy atom. The summed E-state index contributed by atoms with van der Waals surface area (Å²) in [6, 6.07) is 6.77. The van der Waals surface area contributed by atoms with E-state index in [1.165, 1.54) is 11.8 Å². The quantitative estimate of drug-likeness (QED) is 0.811. The largest absolute Gasteiger partial charge is 0.391 e. The third kappa shape index (κ3) is 4.86. The van der Waals surface area contributed by atoms with Gasteiger partial charge in [-0.1, -0.05) is 12.1 Å². The second-order valence-electron chi connectivity index (χ2n) is 7.35. The van der Waals surface area contributed by atoms with Gasteiger partial charge in [-0.2, -0.15) is 0 Å². The lowest BCUT2D eigenvalue weighted by Gasteiger charge is -2.22. The average Bonchev–Trinajstić information content (AvgIpc) is 3.30. The minimum atomic E-state index is -0.667. The first-order valence-corrected chi connectivity index (χ1v) is 9.57. The van der Waals surface area contributed by atoms with Crippen molar-refractivity contribution < 1.29 is 19.5 Å². The molecule has 2 saturated heterocycles. The second kappa shape index (κ2) is 8.52. The number of likely N-dealkylation sites (tertiary alicyclic amines) is 2. The molecule has 2 heterocycles. The van der Waals surface area contributed by atoms with Gasteiger partial charge in [0.2, 0.25) is 17.7 Å². The lowest BCUT2D eigenvalue weighted by atomic mass is 10.1. The van der Waals surface area contributed by atoms with Gasteiger partial charge in [-0.05, 0) is 37.0 Å². The Labute approximate surface area is 159 Å². The predicted molar refractivity (Wildman–Crippen MR) is 101 cm³/mol. The Hall–Kier alpha value is -2.41. The Bertz CT molecular complexity index is 698. The number of hydrogen-bond donors (Lipinski definition) is 2. The minimum absolute atomic E-state index is 0.192. The molecule has 1 aromatic carbocycles. The van der Waals surface area contributed by atoms with Gasteiger partial charge in [0, 0.05) is 45.1 Å². The highest BCUT2D eigenvalue weighted by atomic mass is 16.3. The minimum Gasteiger partial charge on any atom is -0.391 e. The fraction of sp³-hybridized carbons (Fsp3) is 0.550. The van der Waals surface area contributed by atoms with E-state index in [0.717, 1.165) is 31.5 Å². The zero-order chi connectivity index (χ0) is 19.4. The van der Waals surface area contributed by atoms with Gasteiger partial charge in [0.25, 0.3) is 0 Å². The third-order valence-electron chi connectivity index (χ3n) is 5.29. The lowest BCUT2D eigenvalue weighted by molar-refractivity contribution is -0.134. The summed E-state index contributed by atoms with van der Waals surface area (Å²) in [6.07, 6.45) is 2.95. The summed E-state index contributed by atoms with van der Waals surface area (Å²) in [5.41, 5.74) is 1.68. The highest BCUT2D eigenvalue weighted by molar-refractivity contribution is 5.97. The van der Waals surface area contributed by atoms with Crippen LogP contribution in [0.1, 0.15) is 38.2 Å². The molecule has 0 spiro atoms. The highest BCUT2D eigenvalue weighted by Crippen LogP contribution is 2.20. The first-order valence-electron chi connectivity index (χ1n) is 9.57. The maximum Gasteiger partial charge on any atom is 0.247 e. The van der Waals surface area contributed by atoms with Gasteiger partial charge in [-0.15, -0.1) is 0 Å². The number of β-amino-alcohol motifs (C(OH)–C–C–N with tert-alkyl or cyclic N) is 1. The molecule has 0 saturated carbocycles. The molecule has 0 unspecified atom stereocenters. The number of hydrogen-bond acceptors (Lipinski definition) is 4. The smallest absolute Gasteiger partial charge is 0.247 e. The van der Waals surface area contributed by atoms with Crippen LogP contribution in [0.4, 0.5) is 5.69 Å². The Morgan fingerprint density at radius 3 is 2.44 bits per heavy atom. The van der Waals surface area contributed by atoms with Crippen LogP contribution in [0.5, 0.6) is 0 Å². The molecule has 7 nitrogen and oxygen atoms in total. The monoisotopic (exact) mass is 373 g/mol. The number of nitrogens with one attached hydrogen (secondary N) is 1. The molecular weight excluding hydrogens is 346 g/mol. The van der Waals surface area contributed by atoms with E-state index >= 15 is 0 Å². The molecule has 0 aliphatic carbocycles. The summed E-state index contributed by atoms with van der Waals surface area (Å²) < 4.78 is 0. The molecule has 0 radical (unpaired) electrons. The normalized spacial score (nSPS) is 22.1. The molecular formula is C20H27N3O4. The number of aliphatic hydroxyl groups excluding tert-OH is 1. The SMILES string of the molecule is CC(=O)N1C[C@H](O)C[C@@H]1C(=O)Nc1ccc(CCC(=O)N2CCCC2)cc1. The van der Waals surface area contributed by atoms with E-state index in [4.69, 9.17) is 0 Å². The van der Waals surface area contributed by atoms with E-state index in [2.05, 4.69) is 5.32 Å². The number of anilines is 1. The van der Waals surface area contributed by atoms with Gasteiger partial charge in [0.15, 0.2) is 0 Å². The first kappa shape index (κ1) is 19.4. The maximum atomic E-state index is 12.5. The molecule has 2 N–H and O–H groups in total. The van der Waals surface area contributed by atoms with Crippen LogP contribution in [0.15, 0.2) is 24.3 Å². The molecule has 2 aliphatic heterocycles. The van der Waals surface area contributed by atoms with Crippen LogP contribution in [0.3, 0.4) is 0 Å². The van der Waals surface area contributed by atoms with Gasteiger partial charge < -0.3 is 20.2 Å². The summed E-state index contributed by atoms with van der Waals surface area (Å²) in [5, 5.41) is 12.6. The van der Waals surface area contributed by atoms with Crippen LogP contribution in [0, 0.1) is 0 Å².